The first-order valence-electron chi connectivity index (χ1n) is 7.37. The maximum absolute atomic E-state index is 12.2. The smallest absolute Gasteiger partial charge is 0.237 e. The molecule has 1 aromatic rings. The summed E-state index contributed by atoms with van der Waals surface area (Å²) in [5.74, 6) is 0.584. The molecule has 1 fully saturated rings. The molecule has 0 spiro atoms. The maximum Gasteiger partial charge on any atom is 0.237 e. The number of carbonyl (C=O) groups is 1. The van der Waals surface area contributed by atoms with E-state index in [1.807, 2.05) is 30.3 Å². The van der Waals surface area contributed by atoms with Crippen molar-refractivity contribution in [1.29, 1.82) is 0 Å². The predicted octanol–water partition coefficient (Wildman–Crippen LogP) is 1.09. The first kappa shape index (κ1) is 15.0. The molecule has 110 valence electrons. The van der Waals surface area contributed by atoms with Gasteiger partial charge in [-0.1, -0.05) is 37.3 Å². The summed E-state index contributed by atoms with van der Waals surface area (Å²) in [7, 11) is 0. The monoisotopic (exact) mass is 276 g/mol. The molecule has 1 heterocycles. The van der Waals surface area contributed by atoms with Crippen molar-refractivity contribution in [3.05, 3.63) is 35.9 Å². The van der Waals surface area contributed by atoms with Gasteiger partial charge in [0, 0.05) is 0 Å². The summed E-state index contributed by atoms with van der Waals surface area (Å²) >= 11 is 0. The molecule has 1 saturated heterocycles. The molecule has 0 radical (unpaired) electrons. The molecule has 4 nitrogen and oxygen atoms in total. The van der Waals surface area contributed by atoms with Crippen LogP contribution in [0.15, 0.2) is 30.3 Å². The van der Waals surface area contributed by atoms with Crippen LogP contribution in [0.3, 0.4) is 0 Å². The second kappa shape index (κ2) is 7.41. The lowest BCUT2D eigenvalue weighted by molar-refractivity contribution is -0.125. The van der Waals surface area contributed by atoms with Gasteiger partial charge in [-0.2, -0.15) is 0 Å². The fourth-order valence-corrected chi connectivity index (χ4v) is 2.67. The summed E-state index contributed by atoms with van der Waals surface area (Å²) in [6.07, 6.45) is 2.65. The predicted molar refractivity (Wildman–Crippen MR) is 79.4 cm³/mol. The summed E-state index contributed by atoms with van der Waals surface area (Å²) in [4.78, 5) is 12.2. The number of carbonyl (C=O) groups excluding carboxylic acids is 1. The van der Waals surface area contributed by atoms with E-state index in [0.717, 1.165) is 24.9 Å². The minimum atomic E-state index is -0.219. The topological polar surface area (TPSA) is 61.4 Å². The highest BCUT2D eigenvalue weighted by molar-refractivity contribution is 5.82. The van der Waals surface area contributed by atoms with Crippen molar-refractivity contribution in [2.75, 3.05) is 13.2 Å². The van der Waals surface area contributed by atoms with Crippen LogP contribution >= 0.6 is 0 Å². The van der Waals surface area contributed by atoms with Gasteiger partial charge in [-0.3, -0.25) is 4.79 Å². The molecule has 2 unspecified atom stereocenters. The zero-order valence-electron chi connectivity index (χ0n) is 12.0. The van der Waals surface area contributed by atoms with Gasteiger partial charge in [0.05, 0.1) is 18.7 Å². The van der Waals surface area contributed by atoms with E-state index in [0.29, 0.717) is 12.3 Å². The quantitative estimate of drug-likeness (QED) is 0.754. The molecule has 3 N–H and O–H groups in total. The van der Waals surface area contributed by atoms with Crippen LogP contribution in [0.1, 0.15) is 25.3 Å². The molecule has 0 aromatic heterocycles. The van der Waals surface area contributed by atoms with Crippen LogP contribution in [-0.4, -0.2) is 36.2 Å². The van der Waals surface area contributed by atoms with Crippen LogP contribution in [0.2, 0.25) is 0 Å². The summed E-state index contributed by atoms with van der Waals surface area (Å²) in [5.41, 5.74) is 1.12. The van der Waals surface area contributed by atoms with Crippen molar-refractivity contribution in [2.24, 2.45) is 5.92 Å². The number of rotatable bonds is 5. The van der Waals surface area contributed by atoms with Gasteiger partial charge in [-0.15, -0.1) is 0 Å². The van der Waals surface area contributed by atoms with Crippen LogP contribution in [0, 0.1) is 5.92 Å². The van der Waals surface area contributed by atoms with Gasteiger partial charge >= 0.3 is 0 Å². The third kappa shape index (κ3) is 4.32. The SMILES string of the molecule is CC1CCNC(C(=O)N[C@H](CO)Cc2ccccc2)C1. The van der Waals surface area contributed by atoms with Crippen LogP contribution in [-0.2, 0) is 11.2 Å². The Bertz CT molecular complexity index is 422. The molecule has 3 atom stereocenters. The molecule has 20 heavy (non-hydrogen) atoms. The fraction of sp³-hybridized carbons (Fsp3) is 0.562. The Morgan fingerprint density at radius 2 is 2.20 bits per heavy atom. The summed E-state index contributed by atoms with van der Waals surface area (Å²) in [6, 6.07) is 9.58. The standard InChI is InChI=1S/C16H24N2O2/c1-12-7-8-17-15(9-12)16(20)18-14(11-19)10-13-5-3-2-4-6-13/h2-6,12,14-15,17,19H,7-11H2,1H3,(H,18,20)/t12?,14-,15?/m0/s1. The van der Waals surface area contributed by atoms with E-state index in [1.165, 1.54) is 0 Å². The number of aliphatic hydroxyl groups excluding tert-OH is 1. The van der Waals surface area contributed by atoms with Gasteiger partial charge in [0.15, 0.2) is 0 Å². The molecule has 1 aliphatic heterocycles. The van der Waals surface area contributed by atoms with E-state index in [1.54, 1.807) is 0 Å². The largest absolute Gasteiger partial charge is 0.394 e. The Morgan fingerprint density at radius 3 is 2.85 bits per heavy atom. The molecule has 1 aliphatic rings. The van der Waals surface area contributed by atoms with Gasteiger partial charge in [0.1, 0.15) is 0 Å². The van der Waals surface area contributed by atoms with E-state index < -0.39 is 0 Å². The first-order valence-corrected chi connectivity index (χ1v) is 7.37. The molecular formula is C16H24N2O2. The lowest BCUT2D eigenvalue weighted by Gasteiger charge is -2.28. The lowest BCUT2D eigenvalue weighted by Crippen LogP contribution is -2.52. The van der Waals surface area contributed by atoms with E-state index in [9.17, 15) is 9.90 Å². The molecular weight excluding hydrogens is 252 g/mol. The number of benzene rings is 1. The second-order valence-electron chi connectivity index (χ2n) is 5.71. The van der Waals surface area contributed by atoms with E-state index in [-0.39, 0.29) is 24.6 Å². The zero-order chi connectivity index (χ0) is 14.4. The highest BCUT2D eigenvalue weighted by Crippen LogP contribution is 2.15. The molecule has 1 amide bonds. The number of nitrogens with one attached hydrogen (secondary N) is 2. The summed E-state index contributed by atoms with van der Waals surface area (Å²) in [5, 5.41) is 15.7. The number of piperidine rings is 1. The van der Waals surface area contributed by atoms with Crippen molar-refractivity contribution >= 4 is 5.91 Å². The van der Waals surface area contributed by atoms with Gasteiger partial charge in [-0.05, 0) is 37.3 Å². The normalized spacial score (nSPS) is 24.1. The Kier molecular flexibility index (Phi) is 5.56. The van der Waals surface area contributed by atoms with Crippen molar-refractivity contribution in [3.8, 4) is 0 Å². The third-order valence-corrected chi connectivity index (χ3v) is 3.87. The third-order valence-electron chi connectivity index (χ3n) is 3.87. The fourth-order valence-electron chi connectivity index (χ4n) is 2.67. The Morgan fingerprint density at radius 1 is 1.45 bits per heavy atom. The number of aliphatic hydroxyl groups is 1. The number of amides is 1. The first-order chi connectivity index (χ1) is 9.69. The lowest BCUT2D eigenvalue weighted by atomic mass is 9.93. The summed E-state index contributed by atoms with van der Waals surface area (Å²) in [6.45, 7) is 3.03. The number of hydrogen-bond donors (Lipinski definition) is 3. The number of hydrogen-bond acceptors (Lipinski definition) is 3. The molecule has 4 heteroatoms. The van der Waals surface area contributed by atoms with Gasteiger partial charge in [-0.25, -0.2) is 0 Å². The van der Waals surface area contributed by atoms with Crippen molar-refractivity contribution in [1.82, 2.24) is 10.6 Å². The highest BCUT2D eigenvalue weighted by Gasteiger charge is 2.25. The van der Waals surface area contributed by atoms with Crippen molar-refractivity contribution < 1.29 is 9.90 Å². The van der Waals surface area contributed by atoms with E-state index in [4.69, 9.17) is 0 Å². The Balaban J connectivity index is 1.87. The zero-order valence-corrected chi connectivity index (χ0v) is 12.0. The molecule has 2 rings (SSSR count). The van der Waals surface area contributed by atoms with E-state index in [2.05, 4.69) is 17.6 Å². The van der Waals surface area contributed by atoms with E-state index >= 15 is 0 Å². The highest BCUT2D eigenvalue weighted by atomic mass is 16.3. The Labute approximate surface area is 120 Å². The minimum Gasteiger partial charge on any atom is -0.394 e. The van der Waals surface area contributed by atoms with Crippen LogP contribution < -0.4 is 10.6 Å². The molecule has 0 saturated carbocycles. The van der Waals surface area contributed by atoms with Gasteiger partial charge < -0.3 is 15.7 Å². The molecule has 0 aliphatic carbocycles. The summed E-state index contributed by atoms with van der Waals surface area (Å²) < 4.78 is 0. The van der Waals surface area contributed by atoms with Gasteiger partial charge in [0.25, 0.3) is 0 Å². The second-order valence-corrected chi connectivity index (χ2v) is 5.71. The van der Waals surface area contributed by atoms with Crippen LogP contribution in [0.25, 0.3) is 0 Å². The van der Waals surface area contributed by atoms with Gasteiger partial charge in [0.2, 0.25) is 5.91 Å². The van der Waals surface area contributed by atoms with Crippen molar-refractivity contribution in [2.45, 2.75) is 38.3 Å². The average molecular weight is 276 g/mol. The molecule has 0 bridgehead atoms. The van der Waals surface area contributed by atoms with Crippen LogP contribution in [0.4, 0.5) is 0 Å². The van der Waals surface area contributed by atoms with Crippen LogP contribution in [0.5, 0.6) is 0 Å². The minimum absolute atomic E-state index is 0.00605. The molecule has 1 aromatic carbocycles. The average Bonchev–Trinajstić information content (AvgIpc) is 2.47. The Hall–Kier alpha value is -1.39. The maximum atomic E-state index is 12.2. The van der Waals surface area contributed by atoms with Crippen molar-refractivity contribution in [3.63, 3.8) is 0 Å².